The highest BCUT2D eigenvalue weighted by Crippen LogP contribution is 2.22. The lowest BCUT2D eigenvalue weighted by molar-refractivity contribution is 0.0959. The van der Waals surface area contributed by atoms with Crippen LogP contribution in [0.25, 0.3) is 11.3 Å². The van der Waals surface area contributed by atoms with E-state index in [1.165, 1.54) is 25.9 Å². The molecule has 1 aliphatic heterocycles. The topological polar surface area (TPSA) is 44.0 Å². The van der Waals surface area contributed by atoms with Crippen molar-refractivity contribution in [1.29, 1.82) is 0 Å². The van der Waals surface area contributed by atoms with Crippen LogP contribution >= 0.6 is 15.9 Å². The van der Waals surface area contributed by atoms with Crippen LogP contribution in [0.2, 0.25) is 0 Å². The maximum absolute atomic E-state index is 4.52. The molecule has 2 heterocycles. The highest BCUT2D eigenvalue weighted by atomic mass is 79.9. The maximum atomic E-state index is 4.52. The molecule has 0 amide bonds. The minimum Gasteiger partial charge on any atom is -0.341 e. The van der Waals surface area contributed by atoms with Crippen LogP contribution in [0.3, 0.4) is 0 Å². The van der Waals surface area contributed by atoms with Crippen molar-refractivity contribution in [3.8, 4) is 11.3 Å². The Morgan fingerprint density at radius 3 is 2.71 bits per heavy atom. The van der Waals surface area contributed by atoms with Gasteiger partial charge in [-0.15, -0.1) is 0 Å². The van der Waals surface area contributed by atoms with Gasteiger partial charge in [0.1, 0.15) is 5.82 Å². The fraction of sp³-hybridized carbons (Fsp3) is 0.526. The van der Waals surface area contributed by atoms with E-state index in [0.29, 0.717) is 6.04 Å². The molecule has 130 valence electrons. The molecule has 1 aromatic heterocycles. The largest absolute Gasteiger partial charge is 0.341 e. The zero-order valence-corrected chi connectivity index (χ0v) is 16.4. The van der Waals surface area contributed by atoms with Crippen LogP contribution in [0.1, 0.15) is 39.4 Å². The summed E-state index contributed by atoms with van der Waals surface area (Å²) in [5.74, 6) is 1.00. The van der Waals surface area contributed by atoms with Crippen LogP contribution < -0.4 is 5.32 Å². The number of H-pyrrole nitrogens is 1. The van der Waals surface area contributed by atoms with E-state index in [4.69, 9.17) is 0 Å². The summed E-state index contributed by atoms with van der Waals surface area (Å²) in [5, 5.41) is 3.66. The van der Waals surface area contributed by atoms with Gasteiger partial charge in [0, 0.05) is 34.7 Å². The van der Waals surface area contributed by atoms with Crippen molar-refractivity contribution in [1.82, 2.24) is 20.2 Å². The molecule has 5 heteroatoms. The first-order valence-corrected chi connectivity index (χ1v) is 9.49. The predicted octanol–water partition coefficient (Wildman–Crippen LogP) is 4.19. The molecule has 2 aromatic rings. The molecule has 2 N–H and O–H groups in total. The van der Waals surface area contributed by atoms with Gasteiger partial charge in [-0.25, -0.2) is 4.98 Å². The summed E-state index contributed by atoms with van der Waals surface area (Å²) >= 11 is 3.52. The second-order valence-corrected chi connectivity index (χ2v) is 8.48. The zero-order valence-electron chi connectivity index (χ0n) is 14.8. The molecule has 1 saturated heterocycles. The first kappa shape index (κ1) is 17.6. The van der Waals surface area contributed by atoms with E-state index in [-0.39, 0.29) is 5.54 Å². The Bertz CT molecular complexity index is 666. The standard InChI is InChI=1S/C19H27BrN4/c1-19(2,3)24-9-7-16(8-10-24)21-13-18-22-12-17(23-18)14-5-4-6-15(20)11-14/h4-6,11-12,16,21H,7-10,13H2,1-3H3,(H,22,23). The fourth-order valence-electron chi connectivity index (χ4n) is 3.25. The van der Waals surface area contributed by atoms with Gasteiger partial charge in [-0.1, -0.05) is 28.1 Å². The number of halogens is 1. The Hall–Kier alpha value is -1.17. The van der Waals surface area contributed by atoms with Gasteiger partial charge in [0.05, 0.1) is 18.4 Å². The van der Waals surface area contributed by atoms with Gasteiger partial charge in [-0.05, 0) is 45.7 Å². The highest BCUT2D eigenvalue weighted by Gasteiger charge is 2.26. The van der Waals surface area contributed by atoms with Crippen LogP contribution in [0.5, 0.6) is 0 Å². The van der Waals surface area contributed by atoms with Crippen molar-refractivity contribution in [3.05, 3.63) is 40.8 Å². The minimum atomic E-state index is 0.283. The molecule has 3 rings (SSSR count). The molecule has 0 bridgehead atoms. The Morgan fingerprint density at radius 1 is 1.29 bits per heavy atom. The first-order valence-electron chi connectivity index (χ1n) is 8.70. The van der Waals surface area contributed by atoms with Gasteiger partial charge in [0.15, 0.2) is 0 Å². The van der Waals surface area contributed by atoms with Crippen molar-refractivity contribution in [2.75, 3.05) is 13.1 Å². The molecule has 0 atom stereocenters. The number of nitrogens with one attached hydrogen (secondary N) is 2. The Kier molecular flexibility index (Phi) is 5.42. The molecule has 0 unspecified atom stereocenters. The number of likely N-dealkylation sites (tertiary alicyclic amines) is 1. The molecule has 4 nitrogen and oxygen atoms in total. The van der Waals surface area contributed by atoms with Crippen molar-refractivity contribution in [2.24, 2.45) is 0 Å². The van der Waals surface area contributed by atoms with Crippen LogP contribution in [-0.4, -0.2) is 39.5 Å². The molecule has 0 radical (unpaired) electrons. The average Bonchev–Trinajstić information content (AvgIpc) is 3.01. The minimum absolute atomic E-state index is 0.283. The normalized spacial score (nSPS) is 17.3. The van der Waals surface area contributed by atoms with E-state index in [2.05, 4.69) is 69.0 Å². The lowest BCUT2D eigenvalue weighted by Gasteiger charge is -2.41. The number of nitrogens with zero attached hydrogens (tertiary/aromatic N) is 2. The Labute approximate surface area is 153 Å². The zero-order chi connectivity index (χ0) is 17.2. The Balaban J connectivity index is 1.52. The SMILES string of the molecule is CC(C)(C)N1CCC(NCc2ncc(-c3cccc(Br)c3)[nH]2)CC1. The highest BCUT2D eigenvalue weighted by molar-refractivity contribution is 9.10. The fourth-order valence-corrected chi connectivity index (χ4v) is 3.65. The van der Waals surface area contributed by atoms with Gasteiger partial charge in [-0.2, -0.15) is 0 Å². The molecular formula is C19H27BrN4. The summed E-state index contributed by atoms with van der Waals surface area (Å²) in [4.78, 5) is 10.5. The van der Waals surface area contributed by atoms with Crippen molar-refractivity contribution in [3.63, 3.8) is 0 Å². The molecule has 0 saturated carbocycles. The van der Waals surface area contributed by atoms with Crippen molar-refractivity contribution in [2.45, 2.75) is 51.7 Å². The number of imidazole rings is 1. The first-order chi connectivity index (χ1) is 11.4. The van der Waals surface area contributed by atoms with E-state index in [0.717, 1.165) is 28.1 Å². The number of rotatable bonds is 4. The summed E-state index contributed by atoms with van der Waals surface area (Å²) in [6, 6.07) is 8.86. The van der Waals surface area contributed by atoms with Gasteiger partial charge < -0.3 is 10.3 Å². The van der Waals surface area contributed by atoms with Crippen LogP contribution in [-0.2, 0) is 6.54 Å². The van der Waals surface area contributed by atoms with Crippen LogP contribution in [0.4, 0.5) is 0 Å². The quantitative estimate of drug-likeness (QED) is 0.822. The summed E-state index contributed by atoms with van der Waals surface area (Å²) in [6.45, 7) is 10.0. The number of aromatic nitrogens is 2. The van der Waals surface area contributed by atoms with Gasteiger partial charge in [-0.3, -0.25) is 4.90 Å². The van der Waals surface area contributed by atoms with E-state index >= 15 is 0 Å². The van der Waals surface area contributed by atoms with Gasteiger partial charge in [0.2, 0.25) is 0 Å². The second kappa shape index (κ2) is 7.38. The molecule has 1 fully saturated rings. The molecule has 1 aliphatic rings. The predicted molar refractivity (Wildman–Crippen MR) is 103 cm³/mol. The number of piperidine rings is 1. The molecule has 0 aliphatic carbocycles. The summed E-state index contributed by atoms with van der Waals surface area (Å²) in [6.07, 6.45) is 4.33. The number of hydrogen-bond donors (Lipinski definition) is 2. The monoisotopic (exact) mass is 390 g/mol. The molecule has 24 heavy (non-hydrogen) atoms. The summed E-state index contributed by atoms with van der Waals surface area (Å²) in [5.41, 5.74) is 2.50. The van der Waals surface area contributed by atoms with Gasteiger partial charge in [0.25, 0.3) is 0 Å². The van der Waals surface area contributed by atoms with E-state index < -0.39 is 0 Å². The molecular weight excluding hydrogens is 364 g/mol. The number of aromatic amines is 1. The molecule has 1 aromatic carbocycles. The van der Waals surface area contributed by atoms with Crippen LogP contribution in [0.15, 0.2) is 34.9 Å². The summed E-state index contributed by atoms with van der Waals surface area (Å²) in [7, 11) is 0. The second-order valence-electron chi connectivity index (χ2n) is 7.57. The lowest BCUT2D eigenvalue weighted by atomic mass is 9.98. The molecule has 0 spiro atoms. The van der Waals surface area contributed by atoms with Crippen molar-refractivity contribution >= 4 is 15.9 Å². The third-order valence-electron chi connectivity index (χ3n) is 4.77. The third kappa shape index (κ3) is 4.47. The van der Waals surface area contributed by atoms with Crippen molar-refractivity contribution < 1.29 is 0 Å². The van der Waals surface area contributed by atoms with E-state index in [9.17, 15) is 0 Å². The average molecular weight is 391 g/mol. The van der Waals surface area contributed by atoms with E-state index in [1.54, 1.807) is 0 Å². The lowest BCUT2D eigenvalue weighted by Crippen LogP contribution is -2.49. The number of hydrogen-bond acceptors (Lipinski definition) is 3. The van der Waals surface area contributed by atoms with Crippen LogP contribution in [0, 0.1) is 0 Å². The van der Waals surface area contributed by atoms with Gasteiger partial charge >= 0.3 is 0 Å². The maximum Gasteiger partial charge on any atom is 0.120 e. The smallest absolute Gasteiger partial charge is 0.120 e. The number of benzene rings is 1. The third-order valence-corrected chi connectivity index (χ3v) is 5.26. The summed E-state index contributed by atoms with van der Waals surface area (Å²) < 4.78 is 1.08. The van der Waals surface area contributed by atoms with E-state index in [1.807, 2.05) is 18.3 Å². The Morgan fingerprint density at radius 2 is 2.04 bits per heavy atom.